The molecule has 0 aliphatic carbocycles. The van der Waals surface area contributed by atoms with Gasteiger partial charge in [0.05, 0.1) is 6.61 Å². The summed E-state index contributed by atoms with van der Waals surface area (Å²) in [5.41, 5.74) is 3.06. The number of hydrogen-bond acceptors (Lipinski definition) is 3. The van der Waals surface area contributed by atoms with Crippen molar-refractivity contribution in [3.63, 3.8) is 0 Å². The summed E-state index contributed by atoms with van der Waals surface area (Å²) < 4.78 is 0. The minimum Gasteiger partial charge on any atom is -0.314 e. The molecule has 0 aromatic rings. The fourth-order valence-corrected chi connectivity index (χ4v) is 2.00. The van der Waals surface area contributed by atoms with Gasteiger partial charge in [0.2, 0.25) is 0 Å². The van der Waals surface area contributed by atoms with Gasteiger partial charge in [0.1, 0.15) is 0 Å². The Morgan fingerprint density at radius 1 is 1.43 bits per heavy atom. The molecule has 3 heteroatoms. The van der Waals surface area contributed by atoms with E-state index in [0.29, 0.717) is 12.1 Å². The van der Waals surface area contributed by atoms with Crippen LogP contribution in [0.5, 0.6) is 0 Å². The van der Waals surface area contributed by atoms with E-state index in [1.54, 1.807) is 0 Å². The molecule has 0 bridgehead atoms. The fourth-order valence-electron chi connectivity index (χ4n) is 2.00. The predicted molar refractivity (Wildman–Crippen MR) is 59.1 cm³/mol. The van der Waals surface area contributed by atoms with Crippen molar-refractivity contribution in [3.05, 3.63) is 0 Å². The van der Waals surface area contributed by atoms with E-state index in [9.17, 15) is 0 Å². The van der Waals surface area contributed by atoms with Crippen LogP contribution in [-0.4, -0.2) is 25.2 Å². The first kappa shape index (κ1) is 12.0. The molecule has 2 N–H and O–H groups in total. The summed E-state index contributed by atoms with van der Waals surface area (Å²) >= 11 is 0. The Balaban J connectivity index is 2.13. The SMILES string of the molecule is CCONC(C)CC1CCCCCN1. The Bertz CT molecular complexity index is 133. The van der Waals surface area contributed by atoms with E-state index in [1.807, 2.05) is 6.92 Å². The van der Waals surface area contributed by atoms with Crippen molar-refractivity contribution in [2.24, 2.45) is 0 Å². The lowest BCUT2D eigenvalue weighted by molar-refractivity contribution is 0.0244. The zero-order valence-corrected chi connectivity index (χ0v) is 9.51. The van der Waals surface area contributed by atoms with Crippen LogP contribution < -0.4 is 10.8 Å². The second kappa shape index (κ2) is 7.21. The quantitative estimate of drug-likeness (QED) is 0.664. The molecule has 0 aromatic heterocycles. The van der Waals surface area contributed by atoms with E-state index in [-0.39, 0.29) is 0 Å². The standard InChI is InChI=1S/C11H24N2O/c1-3-14-13-10(2)9-11-7-5-4-6-8-12-11/h10-13H,3-9H2,1-2H3. The molecule has 1 fully saturated rings. The van der Waals surface area contributed by atoms with Gasteiger partial charge in [-0.3, -0.25) is 0 Å². The lowest BCUT2D eigenvalue weighted by atomic mass is 10.0. The molecule has 0 amide bonds. The summed E-state index contributed by atoms with van der Waals surface area (Å²) in [5.74, 6) is 0. The van der Waals surface area contributed by atoms with Gasteiger partial charge in [0.25, 0.3) is 0 Å². The van der Waals surface area contributed by atoms with Crippen LogP contribution in [0.2, 0.25) is 0 Å². The van der Waals surface area contributed by atoms with Gasteiger partial charge in [0.15, 0.2) is 0 Å². The zero-order valence-electron chi connectivity index (χ0n) is 9.51. The van der Waals surface area contributed by atoms with Crippen LogP contribution in [0, 0.1) is 0 Å². The fraction of sp³-hybridized carbons (Fsp3) is 1.00. The summed E-state index contributed by atoms with van der Waals surface area (Å²) in [6, 6.07) is 1.13. The van der Waals surface area contributed by atoms with Crippen LogP contribution in [0.1, 0.15) is 46.0 Å². The summed E-state index contributed by atoms with van der Waals surface area (Å²) in [7, 11) is 0. The van der Waals surface area contributed by atoms with Crippen molar-refractivity contribution in [1.82, 2.24) is 10.8 Å². The molecule has 0 spiro atoms. The van der Waals surface area contributed by atoms with Crippen LogP contribution in [0.4, 0.5) is 0 Å². The van der Waals surface area contributed by atoms with E-state index in [2.05, 4.69) is 17.7 Å². The molecular weight excluding hydrogens is 176 g/mol. The van der Waals surface area contributed by atoms with Crippen LogP contribution >= 0.6 is 0 Å². The molecule has 1 heterocycles. The molecule has 2 unspecified atom stereocenters. The Morgan fingerprint density at radius 3 is 3.07 bits per heavy atom. The van der Waals surface area contributed by atoms with E-state index in [4.69, 9.17) is 4.84 Å². The summed E-state index contributed by atoms with van der Waals surface area (Å²) in [6.45, 7) is 6.11. The third-order valence-corrected chi connectivity index (χ3v) is 2.73. The van der Waals surface area contributed by atoms with Gasteiger partial charge in [-0.2, -0.15) is 5.48 Å². The maximum Gasteiger partial charge on any atom is 0.0654 e. The minimum atomic E-state index is 0.450. The zero-order chi connectivity index (χ0) is 10.2. The summed E-state index contributed by atoms with van der Waals surface area (Å²) in [4.78, 5) is 5.19. The average molecular weight is 200 g/mol. The Labute approximate surface area is 87.6 Å². The second-order valence-corrected chi connectivity index (χ2v) is 4.19. The second-order valence-electron chi connectivity index (χ2n) is 4.19. The van der Waals surface area contributed by atoms with E-state index in [0.717, 1.165) is 6.61 Å². The van der Waals surface area contributed by atoms with Gasteiger partial charge in [-0.15, -0.1) is 0 Å². The van der Waals surface area contributed by atoms with Crippen molar-refractivity contribution in [1.29, 1.82) is 0 Å². The topological polar surface area (TPSA) is 33.3 Å². The minimum absolute atomic E-state index is 0.450. The van der Waals surface area contributed by atoms with Gasteiger partial charge in [-0.05, 0) is 39.7 Å². The van der Waals surface area contributed by atoms with Crippen molar-refractivity contribution < 1.29 is 4.84 Å². The largest absolute Gasteiger partial charge is 0.314 e. The first-order chi connectivity index (χ1) is 6.83. The lowest BCUT2D eigenvalue weighted by Crippen LogP contribution is -2.36. The maximum atomic E-state index is 5.19. The maximum absolute atomic E-state index is 5.19. The van der Waals surface area contributed by atoms with E-state index in [1.165, 1.54) is 38.6 Å². The molecule has 1 saturated heterocycles. The highest BCUT2D eigenvalue weighted by Crippen LogP contribution is 2.12. The normalized spacial score (nSPS) is 25.7. The van der Waals surface area contributed by atoms with Gasteiger partial charge in [0, 0.05) is 12.1 Å². The third kappa shape index (κ3) is 4.94. The van der Waals surface area contributed by atoms with Crippen molar-refractivity contribution >= 4 is 0 Å². The first-order valence-electron chi connectivity index (χ1n) is 5.93. The van der Waals surface area contributed by atoms with Gasteiger partial charge in [-0.1, -0.05) is 12.8 Å². The lowest BCUT2D eigenvalue weighted by Gasteiger charge is -2.20. The molecule has 14 heavy (non-hydrogen) atoms. The molecule has 2 atom stereocenters. The molecule has 0 aromatic carbocycles. The van der Waals surface area contributed by atoms with Crippen molar-refractivity contribution in [2.75, 3.05) is 13.2 Å². The van der Waals surface area contributed by atoms with Crippen molar-refractivity contribution in [3.8, 4) is 0 Å². The van der Waals surface area contributed by atoms with Gasteiger partial charge in [-0.25, -0.2) is 0 Å². The molecule has 1 aliphatic rings. The molecule has 1 aliphatic heterocycles. The Hall–Kier alpha value is -0.120. The monoisotopic (exact) mass is 200 g/mol. The summed E-state index contributed by atoms with van der Waals surface area (Å²) in [5, 5.41) is 3.59. The highest BCUT2D eigenvalue weighted by Gasteiger charge is 2.14. The van der Waals surface area contributed by atoms with Crippen LogP contribution in [0.15, 0.2) is 0 Å². The van der Waals surface area contributed by atoms with Crippen LogP contribution in [0.3, 0.4) is 0 Å². The van der Waals surface area contributed by atoms with E-state index >= 15 is 0 Å². The smallest absolute Gasteiger partial charge is 0.0654 e. The number of hydroxylamine groups is 1. The third-order valence-electron chi connectivity index (χ3n) is 2.73. The molecule has 0 saturated carbocycles. The number of rotatable bonds is 5. The van der Waals surface area contributed by atoms with Crippen molar-refractivity contribution in [2.45, 2.75) is 58.0 Å². The predicted octanol–water partition coefficient (Wildman–Crippen LogP) is 1.84. The Morgan fingerprint density at radius 2 is 2.29 bits per heavy atom. The van der Waals surface area contributed by atoms with Crippen LogP contribution in [-0.2, 0) is 4.84 Å². The van der Waals surface area contributed by atoms with E-state index < -0.39 is 0 Å². The molecule has 0 radical (unpaired) electrons. The average Bonchev–Trinajstić information content (AvgIpc) is 2.43. The Kier molecular flexibility index (Phi) is 6.15. The number of hydrogen-bond donors (Lipinski definition) is 2. The van der Waals surface area contributed by atoms with Crippen LogP contribution in [0.25, 0.3) is 0 Å². The summed E-state index contributed by atoms with van der Waals surface area (Å²) in [6.07, 6.45) is 6.58. The van der Waals surface area contributed by atoms with Gasteiger partial charge < -0.3 is 10.2 Å². The first-order valence-corrected chi connectivity index (χ1v) is 5.93. The van der Waals surface area contributed by atoms with Gasteiger partial charge >= 0.3 is 0 Å². The molecular formula is C11H24N2O. The molecule has 84 valence electrons. The highest BCUT2D eigenvalue weighted by molar-refractivity contribution is 4.74. The number of nitrogens with one attached hydrogen (secondary N) is 2. The highest BCUT2D eigenvalue weighted by atomic mass is 16.6. The molecule has 1 rings (SSSR count). The molecule has 3 nitrogen and oxygen atoms in total.